The normalized spacial score (nSPS) is 13.2. The van der Waals surface area contributed by atoms with Gasteiger partial charge in [-0.1, -0.05) is 247 Å². The molecule has 0 saturated carbocycles. The van der Waals surface area contributed by atoms with Crippen molar-refractivity contribution in [3.05, 3.63) is 428 Å². The van der Waals surface area contributed by atoms with Crippen molar-refractivity contribution in [2.75, 3.05) is 31.6 Å². The van der Waals surface area contributed by atoms with Crippen molar-refractivity contribution in [1.82, 2.24) is 0 Å². The van der Waals surface area contributed by atoms with Crippen LogP contribution >= 0.6 is 0 Å². The lowest BCUT2D eigenvalue weighted by Gasteiger charge is -2.29. The van der Waals surface area contributed by atoms with Crippen LogP contribution < -0.4 is 38.7 Å². The number of carbonyl (C=O) groups is 1. The summed E-state index contributed by atoms with van der Waals surface area (Å²) in [7, 11) is 1.71. The molecule has 0 bridgehead atoms. The molecule has 10 heterocycles. The van der Waals surface area contributed by atoms with E-state index in [1.807, 2.05) is 114 Å². The molecule has 5 aliphatic rings. The highest BCUT2D eigenvalue weighted by molar-refractivity contribution is 6.07. The Labute approximate surface area is 773 Å². The van der Waals surface area contributed by atoms with E-state index < -0.39 is 0 Å². The van der Waals surface area contributed by atoms with Crippen LogP contribution in [0.1, 0.15) is 106 Å². The van der Waals surface area contributed by atoms with Crippen LogP contribution in [0.4, 0.5) is 86.3 Å². The van der Waals surface area contributed by atoms with E-state index in [2.05, 4.69) is 312 Å². The van der Waals surface area contributed by atoms with Crippen molar-refractivity contribution < 1.29 is 41.1 Å². The van der Waals surface area contributed by atoms with Gasteiger partial charge in [0, 0.05) is 38.4 Å². The summed E-state index contributed by atoms with van der Waals surface area (Å²) in [6, 6.07) is 114. The standard InChI is InChI=1S/C25H23NO.C24H19NO2.C24H21NO.C23H17NO3.C23H19NO2/c1-17-14-15-22(18(2)16-17)26-23-12-5-3-8-19(23)9-7-11-21-20-10-4-6-13-24(20)27-25(21)26;1-16-11-14-21(23(15-16)26-2)25-20-9-5-3-7-17(20)12-13-19-18-8-4-6-10-22(18)27-24(19)25;1-16-11-14-21(17(2)15-16)25-22-9-5-3-7-18(22)12-13-20-19-8-4-6-10-23(19)26-24(20)25;1-14-11-12-18(15(2)13-14)24-19-9-5-3-7-16(19)23(25)27-21-17-8-4-6-10-20(17)26-22(21)24;1-15-11-12-19(16(2)13-15)24-20-9-5-3-7-17(20)14-25-22-18-8-4-6-10-21(18)26-23(22)24/h3-6,8,10,12-16H,7,9,11H2,1-2H3;3-15H,1-2H3;3-11,14-15H,12-13H2,1-2H3;3-13H,1-2H3;3-13H,14H2,1-2H3. The van der Waals surface area contributed by atoms with E-state index in [1.54, 1.807) is 13.2 Å². The van der Waals surface area contributed by atoms with Crippen LogP contribution in [0.3, 0.4) is 0 Å². The summed E-state index contributed by atoms with van der Waals surface area (Å²) in [5.41, 5.74) is 35.2. The molecule has 14 nitrogen and oxygen atoms in total. The fourth-order valence-corrected chi connectivity index (χ4v) is 19.5. The Morgan fingerprint density at radius 1 is 0.278 bits per heavy atom. The number of nitrogens with zero attached hydrogens (tertiary/aromatic N) is 5. The number of esters is 1. The minimum absolute atomic E-state index is 0.384. The Bertz CT molecular complexity index is 7750. The first-order valence-electron chi connectivity index (χ1n) is 45.5. The van der Waals surface area contributed by atoms with Gasteiger partial charge in [0.15, 0.2) is 5.75 Å². The molecule has 0 spiro atoms. The summed E-state index contributed by atoms with van der Waals surface area (Å²) in [5.74, 6) is 5.68. The van der Waals surface area contributed by atoms with Crippen molar-refractivity contribution in [2.45, 2.75) is 101 Å². The van der Waals surface area contributed by atoms with Crippen LogP contribution in [0.15, 0.2) is 356 Å². The molecule has 0 unspecified atom stereocenters. The number of aryl methyl sites for hydroxylation is 13. The molecule has 0 aliphatic carbocycles. The highest BCUT2D eigenvalue weighted by atomic mass is 16.5. The van der Waals surface area contributed by atoms with Crippen molar-refractivity contribution >= 4 is 159 Å². The molecular weight excluding hydrogens is 1640 g/mol. The van der Waals surface area contributed by atoms with Gasteiger partial charge in [-0.25, -0.2) is 4.79 Å². The topological polar surface area (TPSA) is 127 Å². The number of methoxy groups -OCH3 is 1. The van der Waals surface area contributed by atoms with Gasteiger partial charge in [-0.2, -0.15) is 0 Å². The summed E-state index contributed by atoms with van der Waals surface area (Å²) in [5, 5.41) is 5.35. The van der Waals surface area contributed by atoms with Crippen LogP contribution in [0.2, 0.25) is 0 Å². The third kappa shape index (κ3) is 15.6. The summed E-state index contributed by atoms with van der Waals surface area (Å²) in [6.07, 6.45) is 9.54. The molecule has 5 aromatic heterocycles. The maximum atomic E-state index is 12.8. The van der Waals surface area contributed by atoms with Crippen molar-refractivity contribution in [1.29, 1.82) is 0 Å². The first kappa shape index (κ1) is 83.7. The van der Waals surface area contributed by atoms with E-state index in [0.717, 1.165) is 168 Å². The zero-order chi connectivity index (χ0) is 90.6. The van der Waals surface area contributed by atoms with Gasteiger partial charge in [0.2, 0.25) is 35.2 Å². The van der Waals surface area contributed by atoms with Crippen LogP contribution in [0.5, 0.6) is 17.2 Å². The second kappa shape index (κ2) is 35.3. The molecular formula is C119H99N5O9. The number of fused-ring (bicyclic) bond motifs is 20. The largest absolute Gasteiger partial charge is 0.495 e. The van der Waals surface area contributed by atoms with Crippen molar-refractivity contribution in [3.63, 3.8) is 0 Å². The van der Waals surface area contributed by atoms with E-state index in [-0.39, 0.29) is 5.97 Å². The van der Waals surface area contributed by atoms with E-state index in [4.69, 9.17) is 36.3 Å². The number of hydrogen-bond donors (Lipinski definition) is 0. The monoisotopic (exact) mass is 1740 g/mol. The van der Waals surface area contributed by atoms with E-state index in [9.17, 15) is 4.79 Å². The van der Waals surface area contributed by atoms with Gasteiger partial charge in [-0.3, -0.25) is 24.5 Å². The Balaban J connectivity index is 0.000000100. The summed E-state index contributed by atoms with van der Waals surface area (Å²) < 4.78 is 49.4. The van der Waals surface area contributed by atoms with Gasteiger partial charge in [-0.05, 0) is 260 Å². The Morgan fingerprint density at radius 3 is 1.17 bits per heavy atom. The molecule has 14 heteroatoms. The first-order chi connectivity index (χ1) is 65.1. The molecule has 0 fully saturated rings. The minimum Gasteiger partial charge on any atom is -0.495 e. The summed E-state index contributed by atoms with van der Waals surface area (Å²) in [6.45, 7) is 19.6. The molecule has 0 saturated heterocycles. The fourth-order valence-electron chi connectivity index (χ4n) is 19.5. The number of benzene rings is 15. The minimum atomic E-state index is -0.384. The molecule has 20 aromatic rings. The maximum absolute atomic E-state index is 12.8. The quantitative estimate of drug-likeness (QED) is 0.147. The third-order valence-corrected chi connectivity index (χ3v) is 25.8. The number of furan rings is 5. The molecule has 25 rings (SSSR count). The van der Waals surface area contributed by atoms with E-state index >= 15 is 0 Å². The molecule has 654 valence electrons. The number of rotatable bonds is 6. The predicted molar refractivity (Wildman–Crippen MR) is 541 cm³/mol. The number of para-hydroxylation sites is 10. The molecule has 0 atom stereocenters. The third-order valence-electron chi connectivity index (χ3n) is 25.8. The molecule has 5 aliphatic heterocycles. The van der Waals surface area contributed by atoms with Crippen LogP contribution in [-0.2, 0) is 32.3 Å². The second-order valence-corrected chi connectivity index (χ2v) is 34.9. The molecule has 133 heavy (non-hydrogen) atoms. The molecule has 15 aromatic carbocycles. The highest BCUT2D eigenvalue weighted by Crippen LogP contribution is 2.56. The Hall–Kier alpha value is -16.2. The lowest BCUT2D eigenvalue weighted by molar-refractivity contribution is 0.0740. The SMILES string of the molecule is COc1cc(C)ccc1N1c2ccccc2C=Cc2c1oc1ccccc21.Cc1ccc(N2c3ccccc3C(=O)Oc3c2oc2ccccc32)c(C)c1.Cc1ccc(N2c3ccccc3CCCc3c2oc2ccccc32)c(C)c1.Cc1ccc(N2c3ccccc3CCc3c2oc2ccccc32)c(C)c1.Cc1ccc(N2c3ccccc3COc3c2oc2ccccc32)c(C)c1. The second-order valence-electron chi connectivity index (χ2n) is 34.9. The van der Waals surface area contributed by atoms with Crippen molar-refractivity contribution in [3.8, 4) is 17.2 Å². The number of ether oxygens (including phenoxy) is 3. The average molecular weight is 1740 g/mol. The first-order valence-corrected chi connectivity index (χ1v) is 45.5. The average Bonchev–Trinajstić information content (AvgIpc) is 1.88. The van der Waals surface area contributed by atoms with Gasteiger partial charge in [0.25, 0.3) is 0 Å². The smallest absolute Gasteiger partial charge is 0.345 e. The number of carbonyl (C=O) groups excluding carboxylic acids is 1. The Kier molecular flexibility index (Phi) is 22.2. The number of hydrogen-bond acceptors (Lipinski definition) is 14. The van der Waals surface area contributed by atoms with Crippen molar-refractivity contribution in [2.24, 2.45) is 0 Å². The van der Waals surface area contributed by atoms with E-state index in [1.165, 1.54) is 94.7 Å². The highest BCUT2D eigenvalue weighted by Gasteiger charge is 2.37. The van der Waals surface area contributed by atoms with Gasteiger partial charge < -0.3 is 36.3 Å². The fraction of sp³-hybridized carbons (Fsp3) is 0.134. The summed E-state index contributed by atoms with van der Waals surface area (Å²) in [4.78, 5) is 23.8. The molecule has 0 N–H and O–H groups in total. The van der Waals surface area contributed by atoms with Crippen LogP contribution in [0, 0.1) is 62.3 Å². The predicted octanol–water partition coefficient (Wildman–Crippen LogP) is 32.8. The number of anilines is 15. The van der Waals surface area contributed by atoms with Gasteiger partial charge in [-0.15, -0.1) is 0 Å². The Morgan fingerprint density at radius 2 is 0.639 bits per heavy atom. The zero-order valence-electron chi connectivity index (χ0n) is 76.1. The molecule has 0 radical (unpaired) electrons. The molecule has 0 amide bonds. The van der Waals surface area contributed by atoms with E-state index in [0.29, 0.717) is 29.4 Å². The maximum Gasteiger partial charge on any atom is 0.345 e. The van der Waals surface area contributed by atoms with Crippen LogP contribution in [-0.4, -0.2) is 13.1 Å². The lowest BCUT2D eigenvalue weighted by atomic mass is 9.97. The van der Waals surface area contributed by atoms with Gasteiger partial charge >= 0.3 is 5.97 Å². The van der Waals surface area contributed by atoms with Gasteiger partial charge in [0.05, 0.1) is 80.3 Å². The lowest BCUT2D eigenvalue weighted by Crippen LogP contribution is -2.16. The van der Waals surface area contributed by atoms with Gasteiger partial charge in [0.1, 0.15) is 40.3 Å². The summed E-state index contributed by atoms with van der Waals surface area (Å²) >= 11 is 0. The zero-order valence-corrected chi connectivity index (χ0v) is 76.1. The van der Waals surface area contributed by atoms with Crippen LogP contribution in [0.25, 0.3) is 67.0 Å².